The van der Waals surface area contributed by atoms with Crippen molar-refractivity contribution in [3.63, 3.8) is 0 Å². The summed E-state index contributed by atoms with van der Waals surface area (Å²) in [7, 11) is 3.89. The minimum absolute atomic E-state index is 0.0629. The van der Waals surface area contributed by atoms with Crippen LogP contribution >= 0.6 is 22.9 Å². The van der Waals surface area contributed by atoms with Crippen molar-refractivity contribution >= 4 is 44.2 Å². The first-order chi connectivity index (χ1) is 12.8. The highest BCUT2D eigenvalue weighted by molar-refractivity contribution is 7.22. The number of nitrogens with zero attached hydrogens (tertiary/aromatic N) is 3. The SMILES string of the molecule is CN(C)CCCN(C(=O)c1cccc(Cl)c1)c1nc2c(F)cc(F)cc2s1. The summed E-state index contributed by atoms with van der Waals surface area (Å²) in [5, 5.41) is 0.782. The number of fused-ring (bicyclic) bond motifs is 1. The van der Waals surface area contributed by atoms with Crippen LogP contribution in [0.2, 0.25) is 5.02 Å². The molecule has 0 N–H and O–H groups in total. The Morgan fingerprint density at radius 3 is 2.67 bits per heavy atom. The topological polar surface area (TPSA) is 36.4 Å². The molecule has 8 heteroatoms. The molecule has 3 aromatic rings. The zero-order chi connectivity index (χ0) is 19.6. The molecule has 0 atom stereocenters. The summed E-state index contributed by atoms with van der Waals surface area (Å²) in [6.45, 7) is 1.17. The first kappa shape index (κ1) is 19.7. The first-order valence-electron chi connectivity index (χ1n) is 8.33. The number of hydrogen-bond donors (Lipinski definition) is 0. The molecular formula is C19H18ClF2N3OS. The van der Waals surface area contributed by atoms with Crippen molar-refractivity contribution in [1.29, 1.82) is 0 Å². The van der Waals surface area contributed by atoms with Gasteiger partial charge in [0.15, 0.2) is 10.9 Å². The fraction of sp³-hybridized carbons (Fsp3) is 0.263. The van der Waals surface area contributed by atoms with Gasteiger partial charge in [-0.3, -0.25) is 9.69 Å². The van der Waals surface area contributed by atoms with Crippen LogP contribution < -0.4 is 4.90 Å². The van der Waals surface area contributed by atoms with Crippen molar-refractivity contribution in [2.24, 2.45) is 0 Å². The van der Waals surface area contributed by atoms with E-state index in [-0.39, 0.29) is 11.4 Å². The van der Waals surface area contributed by atoms with Gasteiger partial charge >= 0.3 is 0 Å². The van der Waals surface area contributed by atoms with Gasteiger partial charge in [-0.1, -0.05) is 29.0 Å². The van der Waals surface area contributed by atoms with Gasteiger partial charge < -0.3 is 4.90 Å². The van der Waals surface area contributed by atoms with E-state index >= 15 is 0 Å². The average molecular weight is 410 g/mol. The molecule has 0 radical (unpaired) electrons. The molecule has 0 aliphatic heterocycles. The van der Waals surface area contributed by atoms with E-state index in [1.54, 1.807) is 24.3 Å². The molecule has 0 fully saturated rings. The Balaban J connectivity index is 1.98. The van der Waals surface area contributed by atoms with Gasteiger partial charge in [0.25, 0.3) is 5.91 Å². The molecule has 2 aromatic carbocycles. The number of benzene rings is 2. The van der Waals surface area contributed by atoms with E-state index in [1.165, 1.54) is 11.0 Å². The van der Waals surface area contributed by atoms with Gasteiger partial charge in [-0.25, -0.2) is 13.8 Å². The van der Waals surface area contributed by atoms with Crippen LogP contribution in [0.15, 0.2) is 36.4 Å². The standard InChI is InChI=1S/C19H18ClF2N3OS/c1-24(2)7-4-8-25(18(26)12-5-3-6-13(20)9-12)19-23-17-15(22)10-14(21)11-16(17)27-19/h3,5-6,9-11H,4,7-8H2,1-2H3. The van der Waals surface area contributed by atoms with Gasteiger partial charge in [-0.05, 0) is 51.3 Å². The molecule has 1 aromatic heterocycles. The number of amides is 1. The molecule has 0 saturated carbocycles. The van der Waals surface area contributed by atoms with E-state index in [4.69, 9.17) is 11.6 Å². The van der Waals surface area contributed by atoms with Crippen molar-refractivity contribution in [2.45, 2.75) is 6.42 Å². The fourth-order valence-corrected chi connectivity index (χ4v) is 3.89. The van der Waals surface area contributed by atoms with Crippen LogP contribution in [0.25, 0.3) is 10.2 Å². The van der Waals surface area contributed by atoms with Crippen LogP contribution in [0, 0.1) is 11.6 Å². The first-order valence-corrected chi connectivity index (χ1v) is 9.52. The number of rotatable bonds is 6. The zero-order valence-electron chi connectivity index (χ0n) is 14.9. The molecule has 142 valence electrons. The van der Waals surface area contributed by atoms with Gasteiger partial charge in [0.2, 0.25) is 0 Å². The molecule has 3 rings (SSSR count). The molecular weight excluding hydrogens is 392 g/mol. The van der Waals surface area contributed by atoms with Crippen LogP contribution in [-0.2, 0) is 0 Å². The van der Waals surface area contributed by atoms with Gasteiger partial charge in [0, 0.05) is 23.2 Å². The normalized spacial score (nSPS) is 11.3. The van der Waals surface area contributed by atoms with E-state index in [0.29, 0.717) is 33.4 Å². The summed E-state index contributed by atoms with van der Waals surface area (Å²) >= 11 is 7.09. The molecule has 0 aliphatic rings. The Labute approximate surface area is 165 Å². The lowest BCUT2D eigenvalue weighted by Crippen LogP contribution is -2.33. The molecule has 0 spiro atoms. The summed E-state index contributed by atoms with van der Waals surface area (Å²) in [5.74, 6) is -1.69. The van der Waals surface area contributed by atoms with Gasteiger partial charge in [0.05, 0.1) is 4.70 Å². The molecule has 1 heterocycles. The van der Waals surface area contributed by atoms with E-state index in [9.17, 15) is 13.6 Å². The Morgan fingerprint density at radius 1 is 1.19 bits per heavy atom. The molecule has 0 unspecified atom stereocenters. The van der Waals surface area contributed by atoms with Crippen molar-refractivity contribution in [1.82, 2.24) is 9.88 Å². The van der Waals surface area contributed by atoms with Gasteiger partial charge in [-0.2, -0.15) is 0 Å². The zero-order valence-corrected chi connectivity index (χ0v) is 16.4. The maximum absolute atomic E-state index is 14.0. The summed E-state index contributed by atoms with van der Waals surface area (Å²) < 4.78 is 27.9. The van der Waals surface area contributed by atoms with E-state index in [0.717, 1.165) is 23.9 Å². The Kier molecular flexibility index (Phi) is 6.04. The van der Waals surface area contributed by atoms with E-state index in [1.807, 2.05) is 19.0 Å². The summed E-state index contributed by atoms with van der Waals surface area (Å²) in [6.07, 6.45) is 0.700. The van der Waals surface area contributed by atoms with Crippen LogP contribution in [0.5, 0.6) is 0 Å². The molecule has 27 heavy (non-hydrogen) atoms. The number of anilines is 1. The molecule has 4 nitrogen and oxygen atoms in total. The number of thiazole rings is 1. The number of carbonyl (C=O) groups is 1. The van der Waals surface area contributed by atoms with Crippen molar-refractivity contribution in [3.8, 4) is 0 Å². The van der Waals surface area contributed by atoms with Crippen LogP contribution in [0.1, 0.15) is 16.8 Å². The number of aromatic nitrogens is 1. The second-order valence-electron chi connectivity index (χ2n) is 6.35. The Bertz CT molecular complexity index is 977. The number of carbonyl (C=O) groups excluding carboxylic acids is 1. The smallest absolute Gasteiger partial charge is 0.260 e. The minimum Gasteiger partial charge on any atom is -0.309 e. The second-order valence-corrected chi connectivity index (χ2v) is 7.80. The lowest BCUT2D eigenvalue weighted by molar-refractivity contribution is 0.0986. The summed E-state index contributed by atoms with van der Waals surface area (Å²) in [5.41, 5.74) is 0.478. The van der Waals surface area contributed by atoms with E-state index < -0.39 is 11.6 Å². The lowest BCUT2D eigenvalue weighted by Gasteiger charge is -2.21. The maximum Gasteiger partial charge on any atom is 0.260 e. The summed E-state index contributed by atoms with van der Waals surface area (Å²) in [6, 6.07) is 8.64. The molecule has 0 bridgehead atoms. The predicted molar refractivity (Wildman–Crippen MR) is 106 cm³/mol. The lowest BCUT2D eigenvalue weighted by atomic mass is 10.2. The fourth-order valence-electron chi connectivity index (χ4n) is 2.67. The van der Waals surface area contributed by atoms with Crippen LogP contribution in [0.3, 0.4) is 0 Å². The predicted octanol–water partition coefficient (Wildman–Crippen LogP) is 4.83. The quantitative estimate of drug-likeness (QED) is 0.585. The maximum atomic E-state index is 14.0. The van der Waals surface area contributed by atoms with Crippen molar-refractivity contribution in [3.05, 3.63) is 58.6 Å². The molecule has 0 saturated heterocycles. The summed E-state index contributed by atoms with van der Waals surface area (Å²) in [4.78, 5) is 20.8. The third kappa shape index (κ3) is 4.61. The van der Waals surface area contributed by atoms with Crippen molar-refractivity contribution < 1.29 is 13.6 Å². The highest BCUT2D eigenvalue weighted by atomic mass is 35.5. The highest BCUT2D eigenvalue weighted by Crippen LogP contribution is 2.32. The number of halogens is 3. The Hall–Kier alpha value is -2.09. The second kappa shape index (κ2) is 8.29. The van der Waals surface area contributed by atoms with E-state index in [2.05, 4.69) is 4.98 Å². The van der Waals surface area contributed by atoms with Gasteiger partial charge in [0.1, 0.15) is 11.3 Å². The third-order valence-corrected chi connectivity index (χ3v) is 5.20. The number of hydrogen-bond acceptors (Lipinski definition) is 4. The van der Waals surface area contributed by atoms with Crippen LogP contribution in [0.4, 0.5) is 13.9 Å². The van der Waals surface area contributed by atoms with Crippen LogP contribution in [-0.4, -0.2) is 43.0 Å². The third-order valence-electron chi connectivity index (χ3n) is 3.94. The molecule has 1 amide bonds. The monoisotopic (exact) mass is 409 g/mol. The molecule has 0 aliphatic carbocycles. The Morgan fingerprint density at radius 2 is 1.96 bits per heavy atom. The van der Waals surface area contributed by atoms with Gasteiger partial charge in [-0.15, -0.1) is 0 Å². The largest absolute Gasteiger partial charge is 0.309 e. The highest BCUT2D eigenvalue weighted by Gasteiger charge is 2.22. The minimum atomic E-state index is -0.740. The average Bonchev–Trinajstić information content (AvgIpc) is 3.02. The van der Waals surface area contributed by atoms with Crippen molar-refractivity contribution in [2.75, 3.05) is 32.1 Å².